The fourth-order valence-electron chi connectivity index (χ4n) is 2.41. The van der Waals surface area contributed by atoms with Crippen LogP contribution >= 0.6 is 0 Å². The molecule has 1 fully saturated rings. The van der Waals surface area contributed by atoms with Gasteiger partial charge in [0.25, 0.3) is 5.91 Å². The first kappa shape index (κ1) is 13.7. The number of anilines is 1. The van der Waals surface area contributed by atoms with E-state index in [9.17, 15) is 4.79 Å². The maximum absolute atomic E-state index is 12.3. The minimum atomic E-state index is -0.393. The molecule has 110 valence electrons. The standard InChI is InChI=1S/C14H17N5O2/c1-10-6-7-21-13(8-10)14(20)16-11-4-2-3-5-12(11)19-9-15-17-18-19/h2-5,9-10,13H,6-8H2,1H3,(H,16,20)/t10-,13-/m0/s1. The first-order valence-electron chi connectivity index (χ1n) is 6.99. The first-order chi connectivity index (χ1) is 10.2. The van der Waals surface area contributed by atoms with Crippen LogP contribution in [0.5, 0.6) is 0 Å². The van der Waals surface area contributed by atoms with E-state index in [2.05, 4.69) is 27.8 Å². The molecular weight excluding hydrogens is 270 g/mol. The molecule has 2 aromatic rings. The van der Waals surface area contributed by atoms with Crippen molar-refractivity contribution in [3.05, 3.63) is 30.6 Å². The molecule has 1 aliphatic rings. The van der Waals surface area contributed by atoms with Crippen molar-refractivity contribution in [2.75, 3.05) is 11.9 Å². The summed E-state index contributed by atoms with van der Waals surface area (Å²) in [7, 11) is 0. The molecule has 0 unspecified atom stereocenters. The number of nitrogens with zero attached hydrogens (tertiary/aromatic N) is 4. The van der Waals surface area contributed by atoms with Gasteiger partial charge in [0.2, 0.25) is 0 Å². The van der Waals surface area contributed by atoms with E-state index < -0.39 is 6.10 Å². The highest BCUT2D eigenvalue weighted by Crippen LogP contribution is 2.23. The number of nitrogens with one attached hydrogen (secondary N) is 1. The second-order valence-corrected chi connectivity index (χ2v) is 5.25. The largest absolute Gasteiger partial charge is 0.368 e. The van der Waals surface area contributed by atoms with Gasteiger partial charge in [0.1, 0.15) is 12.4 Å². The summed E-state index contributed by atoms with van der Waals surface area (Å²) >= 11 is 0. The summed E-state index contributed by atoms with van der Waals surface area (Å²) in [6.07, 6.45) is 2.85. The molecule has 1 aromatic heterocycles. The molecule has 2 heterocycles. The molecule has 7 heteroatoms. The number of aromatic nitrogens is 4. The van der Waals surface area contributed by atoms with Gasteiger partial charge in [0, 0.05) is 6.61 Å². The van der Waals surface area contributed by atoms with Crippen molar-refractivity contribution in [3.8, 4) is 5.69 Å². The minimum Gasteiger partial charge on any atom is -0.368 e. The van der Waals surface area contributed by atoms with E-state index in [-0.39, 0.29) is 5.91 Å². The maximum atomic E-state index is 12.3. The second kappa shape index (κ2) is 6.01. The Morgan fingerprint density at radius 3 is 3.05 bits per heavy atom. The van der Waals surface area contributed by atoms with Crippen molar-refractivity contribution in [2.24, 2.45) is 5.92 Å². The highest BCUT2D eigenvalue weighted by Gasteiger charge is 2.26. The van der Waals surface area contributed by atoms with Gasteiger partial charge < -0.3 is 10.1 Å². The van der Waals surface area contributed by atoms with E-state index in [1.165, 1.54) is 11.0 Å². The number of para-hydroxylation sites is 2. The third-order valence-electron chi connectivity index (χ3n) is 3.60. The lowest BCUT2D eigenvalue weighted by atomic mass is 9.97. The van der Waals surface area contributed by atoms with Gasteiger partial charge in [-0.15, -0.1) is 5.10 Å². The van der Waals surface area contributed by atoms with Crippen LogP contribution in [-0.2, 0) is 9.53 Å². The number of carbonyl (C=O) groups excluding carboxylic acids is 1. The molecule has 2 atom stereocenters. The lowest BCUT2D eigenvalue weighted by Crippen LogP contribution is -2.36. The molecule has 0 spiro atoms. The Morgan fingerprint density at radius 1 is 1.43 bits per heavy atom. The number of tetrazole rings is 1. The molecule has 1 N–H and O–H groups in total. The summed E-state index contributed by atoms with van der Waals surface area (Å²) in [6.45, 7) is 2.77. The van der Waals surface area contributed by atoms with E-state index in [1.807, 2.05) is 24.3 Å². The zero-order valence-electron chi connectivity index (χ0n) is 11.8. The van der Waals surface area contributed by atoms with E-state index in [0.717, 1.165) is 18.5 Å². The maximum Gasteiger partial charge on any atom is 0.253 e. The molecule has 0 saturated carbocycles. The van der Waals surface area contributed by atoms with Gasteiger partial charge in [-0.1, -0.05) is 19.1 Å². The van der Waals surface area contributed by atoms with Crippen molar-refractivity contribution in [1.29, 1.82) is 0 Å². The van der Waals surface area contributed by atoms with E-state index in [0.29, 0.717) is 18.2 Å². The Balaban J connectivity index is 1.77. The molecule has 21 heavy (non-hydrogen) atoms. The van der Waals surface area contributed by atoms with Crippen LogP contribution < -0.4 is 5.32 Å². The molecule has 0 radical (unpaired) electrons. The summed E-state index contributed by atoms with van der Waals surface area (Å²) in [4.78, 5) is 12.3. The Morgan fingerprint density at radius 2 is 2.29 bits per heavy atom. The Kier molecular flexibility index (Phi) is 3.92. The lowest BCUT2D eigenvalue weighted by Gasteiger charge is -2.26. The number of amides is 1. The van der Waals surface area contributed by atoms with Gasteiger partial charge in [-0.3, -0.25) is 4.79 Å². The Labute approximate surface area is 122 Å². The van der Waals surface area contributed by atoms with Crippen LogP contribution in [0.3, 0.4) is 0 Å². The van der Waals surface area contributed by atoms with E-state index >= 15 is 0 Å². The van der Waals surface area contributed by atoms with Crippen LogP contribution in [0.25, 0.3) is 5.69 Å². The molecule has 3 rings (SSSR count). The predicted octanol–water partition coefficient (Wildman–Crippen LogP) is 1.42. The van der Waals surface area contributed by atoms with Crippen LogP contribution in [0, 0.1) is 5.92 Å². The predicted molar refractivity (Wildman–Crippen MR) is 75.9 cm³/mol. The molecule has 1 saturated heterocycles. The molecule has 1 aliphatic heterocycles. The molecular formula is C14H17N5O2. The SMILES string of the molecule is C[C@H]1CCO[C@H](C(=O)Nc2ccccc2-n2cnnn2)C1. The number of hydrogen-bond donors (Lipinski definition) is 1. The van der Waals surface area contributed by atoms with Crippen LogP contribution in [0.2, 0.25) is 0 Å². The second-order valence-electron chi connectivity index (χ2n) is 5.25. The van der Waals surface area contributed by atoms with Gasteiger partial charge in [0.05, 0.1) is 11.4 Å². The molecule has 1 amide bonds. The number of carbonyl (C=O) groups is 1. The van der Waals surface area contributed by atoms with Crippen molar-refractivity contribution in [3.63, 3.8) is 0 Å². The van der Waals surface area contributed by atoms with Gasteiger partial charge in [-0.25, -0.2) is 0 Å². The molecule has 0 bridgehead atoms. The fraction of sp³-hybridized carbons (Fsp3) is 0.429. The summed E-state index contributed by atoms with van der Waals surface area (Å²) in [6, 6.07) is 7.39. The third-order valence-corrected chi connectivity index (χ3v) is 3.60. The van der Waals surface area contributed by atoms with Crippen LogP contribution in [-0.4, -0.2) is 38.8 Å². The summed E-state index contributed by atoms with van der Waals surface area (Å²) in [5.74, 6) is 0.381. The van der Waals surface area contributed by atoms with Crippen molar-refractivity contribution in [2.45, 2.75) is 25.9 Å². The zero-order valence-corrected chi connectivity index (χ0v) is 11.8. The minimum absolute atomic E-state index is 0.123. The van der Waals surface area contributed by atoms with Crippen LogP contribution in [0.4, 0.5) is 5.69 Å². The average molecular weight is 287 g/mol. The van der Waals surface area contributed by atoms with Gasteiger partial charge in [0.15, 0.2) is 0 Å². The lowest BCUT2D eigenvalue weighted by molar-refractivity contribution is -0.131. The molecule has 1 aromatic carbocycles. The number of ether oxygens (including phenoxy) is 1. The zero-order chi connectivity index (χ0) is 14.7. The number of benzene rings is 1. The summed E-state index contributed by atoms with van der Waals surface area (Å²) in [5.41, 5.74) is 1.39. The van der Waals surface area contributed by atoms with Gasteiger partial charge in [-0.2, -0.15) is 4.68 Å². The first-order valence-corrected chi connectivity index (χ1v) is 6.99. The average Bonchev–Trinajstić information content (AvgIpc) is 3.02. The van der Waals surface area contributed by atoms with Gasteiger partial charge >= 0.3 is 0 Å². The number of rotatable bonds is 3. The van der Waals surface area contributed by atoms with Crippen LogP contribution in [0.15, 0.2) is 30.6 Å². The van der Waals surface area contributed by atoms with Gasteiger partial charge in [-0.05, 0) is 41.3 Å². The highest BCUT2D eigenvalue weighted by molar-refractivity contribution is 5.95. The van der Waals surface area contributed by atoms with E-state index in [4.69, 9.17) is 4.74 Å². The van der Waals surface area contributed by atoms with Crippen molar-refractivity contribution >= 4 is 11.6 Å². The number of hydrogen-bond acceptors (Lipinski definition) is 5. The normalized spacial score (nSPS) is 22.0. The topological polar surface area (TPSA) is 81.9 Å². The van der Waals surface area contributed by atoms with Crippen molar-refractivity contribution in [1.82, 2.24) is 20.2 Å². The van der Waals surface area contributed by atoms with E-state index in [1.54, 1.807) is 0 Å². The fourth-order valence-corrected chi connectivity index (χ4v) is 2.41. The smallest absolute Gasteiger partial charge is 0.253 e. The third kappa shape index (κ3) is 3.08. The summed E-state index contributed by atoms with van der Waals surface area (Å²) in [5, 5.41) is 14.0. The van der Waals surface area contributed by atoms with Crippen LogP contribution in [0.1, 0.15) is 19.8 Å². The molecule has 7 nitrogen and oxygen atoms in total. The summed E-state index contributed by atoms with van der Waals surface area (Å²) < 4.78 is 7.07. The Hall–Kier alpha value is -2.28. The quantitative estimate of drug-likeness (QED) is 0.923. The molecule has 0 aliphatic carbocycles. The Bertz CT molecular complexity index is 614. The monoisotopic (exact) mass is 287 g/mol. The van der Waals surface area contributed by atoms with Crippen molar-refractivity contribution < 1.29 is 9.53 Å². The highest BCUT2D eigenvalue weighted by atomic mass is 16.5.